The summed E-state index contributed by atoms with van der Waals surface area (Å²) in [6.45, 7) is 3.10. The van der Waals surface area contributed by atoms with Crippen LogP contribution in [0.15, 0.2) is 18.2 Å². The van der Waals surface area contributed by atoms with Gasteiger partial charge in [-0.2, -0.15) is 5.10 Å². The zero-order chi connectivity index (χ0) is 24.5. The predicted molar refractivity (Wildman–Crippen MR) is 122 cm³/mol. The molecule has 35 heavy (non-hydrogen) atoms. The lowest BCUT2D eigenvalue weighted by atomic mass is 10.0. The number of nitrogens with zero attached hydrogens (tertiary/aromatic N) is 4. The lowest BCUT2D eigenvalue weighted by molar-refractivity contribution is -0.137. The average Bonchev–Trinajstić information content (AvgIpc) is 3.40. The molecule has 0 spiro atoms. The van der Waals surface area contributed by atoms with Gasteiger partial charge in [0.25, 0.3) is 5.91 Å². The Morgan fingerprint density at radius 3 is 2.83 bits per heavy atom. The molecule has 11 nitrogen and oxygen atoms in total. The predicted octanol–water partition coefficient (Wildman–Crippen LogP) is 0.877. The van der Waals surface area contributed by atoms with E-state index in [1.54, 1.807) is 19.1 Å². The van der Waals surface area contributed by atoms with Crippen molar-refractivity contribution < 1.29 is 23.9 Å². The zero-order valence-electron chi connectivity index (χ0n) is 19.6. The number of rotatable bonds is 6. The molecule has 2 fully saturated rings. The van der Waals surface area contributed by atoms with Crippen LogP contribution in [0.25, 0.3) is 0 Å². The second-order valence-corrected chi connectivity index (χ2v) is 9.27. The molecule has 0 radical (unpaired) electrons. The van der Waals surface area contributed by atoms with Crippen molar-refractivity contribution in [1.82, 2.24) is 30.3 Å². The number of carbonyl (C=O) groups is 4. The van der Waals surface area contributed by atoms with E-state index in [4.69, 9.17) is 4.74 Å². The number of amides is 4. The highest BCUT2D eigenvalue weighted by Crippen LogP contribution is 2.30. The lowest BCUT2D eigenvalue weighted by Gasteiger charge is -2.35. The van der Waals surface area contributed by atoms with Gasteiger partial charge >= 0.3 is 0 Å². The van der Waals surface area contributed by atoms with Gasteiger partial charge in [0, 0.05) is 25.1 Å². The number of hydrogen-bond donors (Lipinski definition) is 2. The number of benzene rings is 1. The number of piperidine rings is 2. The third kappa shape index (κ3) is 4.75. The maximum absolute atomic E-state index is 12.9. The number of aryl methyl sites for hydroxylation is 1. The summed E-state index contributed by atoms with van der Waals surface area (Å²) in [4.78, 5) is 57.1. The Morgan fingerprint density at radius 1 is 1.20 bits per heavy atom. The van der Waals surface area contributed by atoms with Gasteiger partial charge in [-0.25, -0.2) is 4.98 Å². The highest BCUT2D eigenvalue weighted by Gasteiger charge is 2.39. The summed E-state index contributed by atoms with van der Waals surface area (Å²) in [5.74, 6) is 0.824. The number of H-pyrrole nitrogens is 1. The molecule has 4 heterocycles. The molecule has 184 valence electrons. The number of aromatic amines is 1. The molecule has 2 aromatic rings. The fourth-order valence-corrected chi connectivity index (χ4v) is 5.05. The Hall–Kier alpha value is -3.76. The van der Waals surface area contributed by atoms with Crippen molar-refractivity contribution in [3.05, 3.63) is 41.0 Å². The first kappa shape index (κ1) is 23.0. The molecule has 3 aliphatic rings. The third-order valence-electron chi connectivity index (χ3n) is 6.85. The second-order valence-electron chi connectivity index (χ2n) is 9.27. The van der Waals surface area contributed by atoms with Crippen molar-refractivity contribution in [3.8, 4) is 5.75 Å². The van der Waals surface area contributed by atoms with E-state index in [1.807, 2.05) is 11.0 Å². The van der Waals surface area contributed by atoms with Crippen molar-refractivity contribution in [2.45, 2.75) is 64.1 Å². The molecule has 2 saturated heterocycles. The summed E-state index contributed by atoms with van der Waals surface area (Å²) in [6, 6.07) is 4.60. The molecule has 1 unspecified atom stereocenters. The van der Waals surface area contributed by atoms with Gasteiger partial charge in [0.05, 0.1) is 12.5 Å². The summed E-state index contributed by atoms with van der Waals surface area (Å²) in [5.41, 5.74) is 1.33. The monoisotopic (exact) mass is 480 g/mol. The highest BCUT2D eigenvalue weighted by molar-refractivity contribution is 6.05. The van der Waals surface area contributed by atoms with Gasteiger partial charge in [0.2, 0.25) is 17.7 Å². The van der Waals surface area contributed by atoms with Crippen molar-refractivity contribution in [3.63, 3.8) is 0 Å². The molecule has 1 aromatic heterocycles. The van der Waals surface area contributed by atoms with Gasteiger partial charge < -0.3 is 14.5 Å². The summed E-state index contributed by atoms with van der Waals surface area (Å²) in [5, 5.41) is 9.10. The van der Waals surface area contributed by atoms with Crippen LogP contribution < -0.4 is 10.1 Å². The van der Waals surface area contributed by atoms with Gasteiger partial charge in [-0.15, -0.1) is 0 Å². The molecule has 5 rings (SSSR count). The molecular weight excluding hydrogens is 452 g/mol. The first-order valence-electron chi connectivity index (χ1n) is 12.0. The third-order valence-corrected chi connectivity index (χ3v) is 6.85. The summed E-state index contributed by atoms with van der Waals surface area (Å²) >= 11 is 0. The van der Waals surface area contributed by atoms with Gasteiger partial charge in [-0.1, -0.05) is 0 Å². The van der Waals surface area contributed by atoms with E-state index >= 15 is 0 Å². The summed E-state index contributed by atoms with van der Waals surface area (Å²) < 4.78 is 6.07. The maximum Gasteiger partial charge on any atom is 0.255 e. The molecular formula is C24H28N6O5. The van der Waals surface area contributed by atoms with Crippen LogP contribution in [0.3, 0.4) is 0 Å². The number of ether oxygens (including phenoxy) is 1. The number of imide groups is 1. The number of hydrogen-bond acceptors (Lipinski definition) is 7. The smallest absolute Gasteiger partial charge is 0.255 e. The molecule has 0 saturated carbocycles. The summed E-state index contributed by atoms with van der Waals surface area (Å²) in [6.07, 6.45) is 3.56. The Labute approximate surface area is 202 Å². The van der Waals surface area contributed by atoms with E-state index in [-0.39, 0.29) is 36.6 Å². The van der Waals surface area contributed by atoms with Crippen LogP contribution in [0.4, 0.5) is 0 Å². The van der Waals surface area contributed by atoms with Crippen LogP contribution in [-0.4, -0.2) is 73.8 Å². The van der Waals surface area contributed by atoms with Crippen LogP contribution in [0, 0.1) is 6.92 Å². The minimum absolute atomic E-state index is 0.00566. The Kier molecular flexibility index (Phi) is 6.23. The van der Waals surface area contributed by atoms with E-state index in [0.717, 1.165) is 24.8 Å². The SMILES string of the molecule is Cc1n[nH]c(CC(=O)N2CCCC[C@@H]2COc2ccc3c(c2)CN(C2CCC(=O)NC2=O)C3=O)n1. The Balaban J connectivity index is 1.22. The van der Waals surface area contributed by atoms with Crippen molar-refractivity contribution >= 4 is 23.6 Å². The number of aromatic nitrogens is 3. The molecule has 1 aromatic carbocycles. The standard InChI is InChI=1S/C24H28N6O5/c1-14-25-20(28-27-14)11-22(32)29-9-3-2-4-16(29)13-35-17-5-6-18-15(10-17)12-30(24(18)34)19-7-8-21(31)26-23(19)33/h5-6,10,16,19H,2-4,7-9,11-13H2,1H3,(H,25,27,28)(H,26,31,33)/t16-,19?/m1/s1. The van der Waals surface area contributed by atoms with Crippen molar-refractivity contribution in [2.75, 3.05) is 13.2 Å². The molecule has 11 heteroatoms. The first-order valence-corrected chi connectivity index (χ1v) is 12.0. The van der Waals surface area contributed by atoms with Crippen LogP contribution in [-0.2, 0) is 27.3 Å². The molecule has 3 aliphatic heterocycles. The Morgan fingerprint density at radius 2 is 2.06 bits per heavy atom. The zero-order valence-corrected chi connectivity index (χ0v) is 19.6. The number of fused-ring (bicyclic) bond motifs is 1. The van der Waals surface area contributed by atoms with Crippen LogP contribution >= 0.6 is 0 Å². The largest absolute Gasteiger partial charge is 0.491 e. The molecule has 0 bridgehead atoms. The molecule has 4 amide bonds. The van der Waals surface area contributed by atoms with Gasteiger partial charge in [-0.05, 0) is 56.4 Å². The van der Waals surface area contributed by atoms with E-state index in [1.165, 1.54) is 4.90 Å². The van der Waals surface area contributed by atoms with E-state index < -0.39 is 11.9 Å². The van der Waals surface area contributed by atoms with Gasteiger partial charge in [0.1, 0.15) is 30.0 Å². The Bertz CT molecular complexity index is 1180. The fourth-order valence-electron chi connectivity index (χ4n) is 5.05. The first-order chi connectivity index (χ1) is 16.9. The molecule has 2 N–H and O–H groups in total. The van der Waals surface area contributed by atoms with Crippen molar-refractivity contribution in [2.24, 2.45) is 0 Å². The van der Waals surface area contributed by atoms with Crippen molar-refractivity contribution in [1.29, 1.82) is 0 Å². The minimum Gasteiger partial charge on any atom is -0.491 e. The minimum atomic E-state index is -0.646. The van der Waals surface area contributed by atoms with Gasteiger partial charge in [-0.3, -0.25) is 29.6 Å². The van der Waals surface area contributed by atoms with Gasteiger partial charge in [0.15, 0.2) is 0 Å². The summed E-state index contributed by atoms with van der Waals surface area (Å²) in [7, 11) is 0. The normalized spacial score (nSPS) is 22.3. The number of likely N-dealkylation sites (tertiary alicyclic amines) is 1. The highest BCUT2D eigenvalue weighted by atomic mass is 16.5. The van der Waals surface area contributed by atoms with E-state index in [9.17, 15) is 19.2 Å². The van der Waals surface area contributed by atoms with Crippen LogP contribution in [0.2, 0.25) is 0 Å². The molecule has 0 aliphatic carbocycles. The van der Waals surface area contributed by atoms with E-state index in [2.05, 4.69) is 20.5 Å². The molecule has 2 atom stereocenters. The van der Waals surface area contributed by atoms with Crippen LogP contribution in [0.5, 0.6) is 5.75 Å². The lowest BCUT2D eigenvalue weighted by Crippen LogP contribution is -2.52. The average molecular weight is 481 g/mol. The topological polar surface area (TPSA) is 138 Å². The quantitative estimate of drug-likeness (QED) is 0.586. The second kappa shape index (κ2) is 9.47. The van der Waals surface area contributed by atoms with E-state index in [0.29, 0.717) is 49.1 Å². The maximum atomic E-state index is 12.9. The fraction of sp³-hybridized carbons (Fsp3) is 0.500. The number of nitrogens with one attached hydrogen (secondary N) is 2. The number of carbonyl (C=O) groups excluding carboxylic acids is 4. The van der Waals surface area contributed by atoms with Crippen LogP contribution in [0.1, 0.15) is 59.7 Å².